The topological polar surface area (TPSA) is 35.5 Å². The molecule has 2 aromatic rings. The number of ether oxygens (including phenoxy) is 2. The van der Waals surface area contributed by atoms with E-state index in [1.54, 1.807) is 12.1 Å². The maximum Gasteiger partial charge on any atom is 0.157 e. The van der Waals surface area contributed by atoms with Crippen LogP contribution in [0.15, 0.2) is 54.6 Å². The molecular formula is C15H14O3. The van der Waals surface area contributed by atoms with Crippen LogP contribution in [0.4, 0.5) is 0 Å². The van der Waals surface area contributed by atoms with Crippen molar-refractivity contribution in [3.8, 4) is 11.5 Å². The van der Waals surface area contributed by atoms with Crippen LogP contribution in [0, 0.1) is 0 Å². The molecule has 3 heteroatoms. The fourth-order valence-electron chi connectivity index (χ4n) is 1.50. The summed E-state index contributed by atoms with van der Waals surface area (Å²) in [5, 5.41) is 0. The lowest BCUT2D eigenvalue weighted by Gasteiger charge is -2.07. The van der Waals surface area contributed by atoms with Gasteiger partial charge in [-0.25, -0.2) is 0 Å². The minimum absolute atomic E-state index is 0.0736. The Hall–Kier alpha value is -2.29. The number of carbonyl (C=O) groups excluding carboxylic acids is 1. The third-order valence-corrected chi connectivity index (χ3v) is 2.39. The molecule has 2 aromatic carbocycles. The van der Waals surface area contributed by atoms with Gasteiger partial charge in [0.05, 0.1) is 0 Å². The normalized spacial score (nSPS) is 9.78. The first-order valence-electron chi connectivity index (χ1n) is 5.72. The molecule has 92 valence electrons. The monoisotopic (exact) mass is 242 g/mol. The Kier molecular flexibility index (Phi) is 4.36. The zero-order valence-electron chi connectivity index (χ0n) is 9.91. The van der Waals surface area contributed by atoms with Crippen LogP contribution in [-0.4, -0.2) is 12.9 Å². The molecule has 0 aliphatic rings. The Labute approximate surface area is 106 Å². The average Bonchev–Trinajstić information content (AvgIpc) is 2.45. The SMILES string of the molecule is O=CCOc1ccc(OCc2ccccc2)cc1. The molecule has 0 aliphatic heterocycles. The first kappa shape index (κ1) is 12.2. The van der Waals surface area contributed by atoms with Crippen molar-refractivity contribution in [3.05, 3.63) is 60.2 Å². The average molecular weight is 242 g/mol. The molecule has 0 N–H and O–H groups in total. The Morgan fingerprint density at radius 3 is 2.06 bits per heavy atom. The number of hydrogen-bond acceptors (Lipinski definition) is 3. The van der Waals surface area contributed by atoms with Gasteiger partial charge in [0.1, 0.15) is 24.7 Å². The second kappa shape index (κ2) is 6.45. The van der Waals surface area contributed by atoms with Crippen molar-refractivity contribution in [2.45, 2.75) is 6.61 Å². The molecule has 0 atom stereocenters. The van der Waals surface area contributed by atoms with Crippen molar-refractivity contribution in [3.63, 3.8) is 0 Å². The van der Waals surface area contributed by atoms with Crippen LogP contribution in [0.25, 0.3) is 0 Å². The van der Waals surface area contributed by atoms with E-state index in [0.29, 0.717) is 12.4 Å². The van der Waals surface area contributed by atoms with Gasteiger partial charge in [-0.3, -0.25) is 4.79 Å². The molecule has 0 aliphatic carbocycles. The summed E-state index contributed by atoms with van der Waals surface area (Å²) in [7, 11) is 0. The lowest BCUT2D eigenvalue weighted by Crippen LogP contribution is -1.98. The maximum absolute atomic E-state index is 10.2. The predicted molar refractivity (Wildman–Crippen MR) is 68.8 cm³/mol. The summed E-state index contributed by atoms with van der Waals surface area (Å²) in [6.07, 6.45) is 0.722. The molecule has 0 radical (unpaired) electrons. The fraction of sp³-hybridized carbons (Fsp3) is 0.133. The summed E-state index contributed by atoms with van der Waals surface area (Å²) in [6.45, 7) is 0.611. The summed E-state index contributed by atoms with van der Waals surface area (Å²) in [5.41, 5.74) is 1.12. The molecule has 3 nitrogen and oxygen atoms in total. The first-order valence-corrected chi connectivity index (χ1v) is 5.72. The zero-order valence-corrected chi connectivity index (χ0v) is 9.91. The highest BCUT2D eigenvalue weighted by atomic mass is 16.5. The summed E-state index contributed by atoms with van der Waals surface area (Å²) >= 11 is 0. The Morgan fingerprint density at radius 1 is 0.833 bits per heavy atom. The maximum atomic E-state index is 10.2. The highest BCUT2D eigenvalue weighted by Crippen LogP contribution is 2.18. The highest BCUT2D eigenvalue weighted by Gasteiger charge is 1.97. The van der Waals surface area contributed by atoms with E-state index >= 15 is 0 Å². The van der Waals surface area contributed by atoms with E-state index in [1.165, 1.54) is 0 Å². The number of rotatable bonds is 6. The molecule has 0 unspecified atom stereocenters. The summed E-state index contributed by atoms with van der Waals surface area (Å²) in [6, 6.07) is 17.2. The minimum Gasteiger partial charge on any atom is -0.489 e. The van der Waals surface area contributed by atoms with E-state index in [0.717, 1.165) is 17.6 Å². The third kappa shape index (κ3) is 3.63. The lowest BCUT2D eigenvalue weighted by atomic mass is 10.2. The van der Waals surface area contributed by atoms with Gasteiger partial charge < -0.3 is 9.47 Å². The Bertz CT molecular complexity index is 477. The molecule has 0 heterocycles. The van der Waals surface area contributed by atoms with Crippen molar-refractivity contribution in [1.29, 1.82) is 0 Å². The molecule has 0 amide bonds. The van der Waals surface area contributed by atoms with E-state index < -0.39 is 0 Å². The van der Waals surface area contributed by atoms with E-state index in [2.05, 4.69) is 0 Å². The number of hydrogen-bond donors (Lipinski definition) is 0. The molecule has 18 heavy (non-hydrogen) atoms. The van der Waals surface area contributed by atoms with Gasteiger partial charge in [0.25, 0.3) is 0 Å². The van der Waals surface area contributed by atoms with Crippen LogP contribution in [0.2, 0.25) is 0 Å². The van der Waals surface area contributed by atoms with Gasteiger partial charge in [-0.15, -0.1) is 0 Å². The van der Waals surface area contributed by atoms with Gasteiger partial charge in [-0.2, -0.15) is 0 Å². The molecule has 0 aromatic heterocycles. The molecule has 0 fully saturated rings. The lowest BCUT2D eigenvalue weighted by molar-refractivity contribution is -0.109. The van der Waals surface area contributed by atoms with Gasteiger partial charge in [0.2, 0.25) is 0 Å². The van der Waals surface area contributed by atoms with Gasteiger partial charge in [-0.1, -0.05) is 30.3 Å². The molecule has 0 saturated heterocycles. The summed E-state index contributed by atoms with van der Waals surface area (Å²) < 4.78 is 10.8. The quantitative estimate of drug-likeness (QED) is 0.731. The fourth-order valence-corrected chi connectivity index (χ4v) is 1.50. The van der Waals surface area contributed by atoms with E-state index in [9.17, 15) is 4.79 Å². The van der Waals surface area contributed by atoms with Crippen LogP contribution in [0.5, 0.6) is 11.5 Å². The van der Waals surface area contributed by atoms with Crippen LogP contribution in [-0.2, 0) is 11.4 Å². The number of aldehydes is 1. The number of carbonyl (C=O) groups is 1. The molecular weight excluding hydrogens is 228 g/mol. The molecule has 0 saturated carbocycles. The van der Waals surface area contributed by atoms with Crippen molar-refractivity contribution >= 4 is 6.29 Å². The van der Waals surface area contributed by atoms with Gasteiger partial charge in [-0.05, 0) is 29.8 Å². The molecule has 2 rings (SSSR count). The van der Waals surface area contributed by atoms with Crippen molar-refractivity contribution in [1.82, 2.24) is 0 Å². The van der Waals surface area contributed by atoms with Crippen molar-refractivity contribution < 1.29 is 14.3 Å². The van der Waals surface area contributed by atoms with Crippen LogP contribution < -0.4 is 9.47 Å². The van der Waals surface area contributed by atoms with E-state index in [1.807, 2.05) is 42.5 Å². The second-order valence-corrected chi connectivity index (χ2v) is 3.72. The second-order valence-electron chi connectivity index (χ2n) is 3.72. The van der Waals surface area contributed by atoms with Crippen molar-refractivity contribution in [2.24, 2.45) is 0 Å². The largest absolute Gasteiger partial charge is 0.489 e. The van der Waals surface area contributed by atoms with Crippen LogP contribution in [0.3, 0.4) is 0 Å². The van der Waals surface area contributed by atoms with Gasteiger partial charge in [0, 0.05) is 0 Å². The van der Waals surface area contributed by atoms with E-state index in [4.69, 9.17) is 9.47 Å². The van der Waals surface area contributed by atoms with Crippen LogP contribution in [0.1, 0.15) is 5.56 Å². The van der Waals surface area contributed by atoms with E-state index in [-0.39, 0.29) is 6.61 Å². The molecule has 0 bridgehead atoms. The molecule has 0 spiro atoms. The van der Waals surface area contributed by atoms with Crippen LogP contribution >= 0.6 is 0 Å². The summed E-state index contributed by atoms with van der Waals surface area (Å²) in [4.78, 5) is 10.2. The standard InChI is InChI=1S/C15H14O3/c16-10-11-17-14-6-8-15(9-7-14)18-12-13-4-2-1-3-5-13/h1-10H,11-12H2. The number of benzene rings is 2. The zero-order chi connectivity index (χ0) is 12.6. The summed E-state index contributed by atoms with van der Waals surface area (Å²) in [5.74, 6) is 1.44. The Balaban J connectivity index is 1.88. The van der Waals surface area contributed by atoms with Gasteiger partial charge >= 0.3 is 0 Å². The third-order valence-electron chi connectivity index (χ3n) is 2.39. The van der Waals surface area contributed by atoms with Crippen molar-refractivity contribution in [2.75, 3.05) is 6.61 Å². The highest BCUT2D eigenvalue weighted by molar-refractivity contribution is 5.51. The predicted octanol–water partition coefficient (Wildman–Crippen LogP) is 2.84. The van der Waals surface area contributed by atoms with Gasteiger partial charge in [0.15, 0.2) is 6.29 Å². The minimum atomic E-state index is 0.0736. The first-order chi connectivity index (χ1) is 8.88. The Morgan fingerprint density at radius 2 is 1.44 bits per heavy atom. The smallest absolute Gasteiger partial charge is 0.157 e.